The van der Waals surface area contributed by atoms with Gasteiger partial charge >= 0.3 is 6.09 Å². The second kappa shape index (κ2) is 27.6. The summed E-state index contributed by atoms with van der Waals surface area (Å²) in [5.74, 6) is 0. The summed E-state index contributed by atoms with van der Waals surface area (Å²) < 4.78 is 20.4. The van der Waals surface area contributed by atoms with E-state index in [1.165, 1.54) is 4.90 Å². The number of amides is 2. The highest BCUT2D eigenvalue weighted by Crippen LogP contribution is 2.10. The standard InChI is InChI=1S/C15H32N2O9.C12H25NO5/c18-5-1-10(21)14(25)12(23)7-17(4-3-16-9-20)8-13(24)15(26)11(22)2-6-19;1-12(2,3)18-11(14)13-5-6-16-9-10-17-8-7-15-4/h9-15,18-19,21-26H,1-8H2,(H,16,20);5-10H2,1-4H3,(H,13,14). The summed E-state index contributed by atoms with van der Waals surface area (Å²) in [4.78, 5) is 23.0. The summed E-state index contributed by atoms with van der Waals surface area (Å²) in [6.45, 7) is 7.66. The van der Waals surface area contributed by atoms with Crippen molar-refractivity contribution in [1.29, 1.82) is 0 Å². The molecule has 6 atom stereocenters. The highest BCUT2D eigenvalue weighted by molar-refractivity contribution is 5.67. The Morgan fingerprint density at radius 3 is 1.68 bits per heavy atom. The summed E-state index contributed by atoms with van der Waals surface area (Å²) in [5, 5.41) is 81.5. The van der Waals surface area contributed by atoms with Gasteiger partial charge in [-0.15, -0.1) is 0 Å². The van der Waals surface area contributed by atoms with Crippen LogP contribution in [-0.2, 0) is 23.7 Å². The van der Waals surface area contributed by atoms with Gasteiger partial charge in [-0.3, -0.25) is 9.69 Å². The monoisotopic (exact) mass is 647 g/mol. The van der Waals surface area contributed by atoms with E-state index in [9.17, 15) is 40.2 Å². The molecule has 0 spiro atoms. The minimum absolute atomic E-state index is 0.125. The molecule has 2 amide bonds. The van der Waals surface area contributed by atoms with Crippen molar-refractivity contribution in [2.24, 2.45) is 0 Å². The van der Waals surface area contributed by atoms with E-state index < -0.39 is 48.3 Å². The molecule has 0 saturated carbocycles. The molecule has 0 aromatic carbocycles. The van der Waals surface area contributed by atoms with Crippen molar-refractivity contribution in [3.05, 3.63) is 0 Å². The first-order valence-electron chi connectivity index (χ1n) is 14.5. The van der Waals surface area contributed by atoms with Crippen molar-refractivity contribution in [3.63, 3.8) is 0 Å². The van der Waals surface area contributed by atoms with Gasteiger partial charge in [0.2, 0.25) is 6.41 Å². The van der Waals surface area contributed by atoms with E-state index in [0.29, 0.717) is 46.0 Å². The fourth-order valence-corrected chi connectivity index (χ4v) is 3.41. The summed E-state index contributed by atoms with van der Waals surface area (Å²) >= 11 is 0. The van der Waals surface area contributed by atoms with Gasteiger partial charge in [0.05, 0.1) is 57.5 Å². The minimum Gasteiger partial charge on any atom is -0.444 e. The van der Waals surface area contributed by atoms with Crippen molar-refractivity contribution in [1.82, 2.24) is 15.5 Å². The lowest BCUT2D eigenvalue weighted by Crippen LogP contribution is -2.51. The Hall–Kier alpha value is -1.74. The van der Waals surface area contributed by atoms with E-state index in [2.05, 4.69) is 10.6 Å². The first-order valence-corrected chi connectivity index (χ1v) is 14.5. The topological polar surface area (TPSA) is 260 Å². The number of nitrogens with one attached hydrogen (secondary N) is 2. The number of carbonyl (C=O) groups is 2. The third-order valence-corrected chi connectivity index (χ3v) is 5.69. The van der Waals surface area contributed by atoms with Crippen LogP contribution in [-0.4, -0.2) is 187 Å². The average molecular weight is 648 g/mol. The number of aliphatic hydroxyl groups excluding tert-OH is 8. The molecule has 0 rings (SSSR count). The number of hydrogen-bond donors (Lipinski definition) is 10. The Morgan fingerprint density at radius 2 is 1.25 bits per heavy atom. The highest BCUT2D eigenvalue weighted by atomic mass is 16.6. The maximum absolute atomic E-state index is 11.2. The lowest BCUT2D eigenvalue weighted by molar-refractivity contribution is -0.109. The van der Waals surface area contributed by atoms with E-state index >= 15 is 0 Å². The third kappa shape index (κ3) is 25.6. The quantitative estimate of drug-likeness (QED) is 0.0336. The van der Waals surface area contributed by atoms with Crippen LogP contribution < -0.4 is 10.6 Å². The molecular formula is C27H57N3O14. The second-order valence-corrected chi connectivity index (χ2v) is 10.8. The van der Waals surface area contributed by atoms with Crippen molar-refractivity contribution in [3.8, 4) is 0 Å². The third-order valence-electron chi connectivity index (χ3n) is 5.69. The molecule has 0 saturated heterocycles. The van der Waals surface area contributed by atoms with Crippen LogP contribution >= 0.6 is 0 Å². The maximum Gasteiger partial charge on any atom is 0.407 e. The zero-order valence-electron chi connectivity index (χ0n) is 26.4. The smallest absolute Gasteiger partial charge is 0.407 e. The van der Waals surface area contributed by atoms with Crippen molar-refractivity contribution < 1.29 is 69.4 Å². The Labute approximate surface area is 259 Å². The first kappa shape index (κ1) is 44.4. The van der Waals surface area contributed by atoms with E-state index in [-0.39, 0.29) is 52.2 Å². The molecule has 10 N–H and O–H groups in total. The van der Waals surface area contributed by atoms with E-state index in [1.54, 1.807) is 7.11 Å². The van der Waals surface area contributed by atoms with Crippen molar-refractivity contribution >= 4 is 12.5 Å². The zero-order chi connectivity index (χ0) is 34.0. The molecule has 0 aliphatic heterocycles. The molecule has 0 aromatic heterocycles. The molecule has 0 aliphatic rings. The lowest BCUT2D eigenvalue weighted by atomic mass is 10.0. The van der Waals surface area contributed by atoms with E-state index in [0.717, 1.165) is 0 Å². The molecule has 0 bridgehead atoms. The molecule has 0 aromatic rings. The molecule has 0 radical (unpaired) electrons. The molecule has 6 unspecified atom stereocenters. The van der Waals surface area contributed by atoms with Gasteiger partial charge in [0.25, 0.3) is 0 Å². The molecule has 0 heterocycles. The van der Waals surface area contributed by atoms with Gasteiger partial charge in [-0.05, 0) is 33.6 Å². The highest BCUT2D eigenvalue weighted by Gasteiger charge is 2.30. The normalized spacial score (nSPS) is 15.8. The van der Waals surface area contributed by atoms with Gasteiger partial charge in [-0.25, -0.2) is 4.79 Å². The summed E-state index contributed by atoms with van der Waals surface area (Å²) in [7, 11) is 1.63. The molecule has 44 heavy (non-hydrogen) atoms. The number of rotatable bonds is 25. The summed E-state index contributed by atoms with van der Waals surface area (Å²) in [5.41, 5.74) is -0.472. The molecule has 17 heteroatoms. The number of nitrogens with zero attached hydrogens (tertiary/aromatic N) is 1. The SMILES string of the molecule is COCCOCCOCCNC(=O)OC(C)(C)C.O=CNCCN(CC(O)C(O)C(O)CCO)CC(O)C(O)C(O)CCO. The number of methoxy groups -OCH3 is 1. The maximum atomic E-state index is 11.2. The predicted molar refractivity (Wildman–Crippen MR) is 158 cm³/mol. The largest absolute Gasteiger partial charge is 0.444 e. The van der Waals surface area contributed by atoms with Crippen LogP contribution in [0.1, 0.15) is 33.6 Å². The van der Waals surface area contributed by atoms with Gasteiger partial charge in [0.1, 0.15) is 17.8 Å². The van der Waals surface area contributed by atoms with Crippen LogP contribution in [0.15, 0.2) is 0 Å². The first-order chi connectivity index (χ1) is 20.7. The average Bonchev–Trinajstić information content (AvgIpc) is 2.95. The second-order valence-electron chi connectivity index (χ2n) is 10.8. The Kier molecular flexibility index (Phi) is 27.8. The Morgan fingerprint density at radius 1 is 0.773 bits per heavy atom. The van der Waals surface area contributed by atoms with Gasteiger partial charge in [-0.2, -0.15) is 0 Å². The number of ether oxygens (including phenoxy) is 4. The van der Waals surface area contributed by atoms with Crippen molar-refractivity contribution in [2.75, 3.05) is 86.1 Å². The molecule has 17 nitrogen and oxygen atoms in total. The molecular weight excluding hydrogens is 590 g/mol. The van der Waals surface area contributed by atoms with Gasteiger partial charge in [0.15, 0.2) is 0 Å². The Balaban J connectivity index is 0. The van der Waals surface area contributed by atoms with Crippen LogP contribution in [0.4, 0.5) is 4.79 Å². The van der Waals surface area contributed by atoms with E-state index in [1.807, 2.05) is 20.8 Å². The molecule has 0 fully saturated rings. The fourth-order valence-electron chi connectivity index (χ4n) is 3.41. The van der Waals surface area contributed by atoms with Crippen LogP contribution in [0.5, 0.6) is 0 Å². The number of aliphatic hydroxyl groups is 8. The number of alkyl carbamates (subject to hydrolysis) is 1. The minimum atomic E-state index is -1.54. The van der Waals surface area contributed by atoms with Gasteiger partial charge in [-0.1, -0.05) is 0 Å². The molecule has 0 aliphatic carbocycles. The van der Waals surface area contributed by atoms with Gasteiger partial charge < -0.3 is 70.4 Å². The van der Waals surface area contributed by atoms with Crippen LogP contribution in [0.3, 0.4) is 0 Å². The fraction of sp³-hybridized carbons (Fsp3) is 0.926. The number of carbonyl (C=O) groups excluding carboxylic acids is 2. The van der Waals surface area contributed by atoms with E-state index in [4.69, 9.17) is 29.2 Å². The lowest BCUT2D eigenvalue weighted by Gasteiger charge is -2.32. The Bertz CT molecular complexity index is 663. The molecule has 264 valence electrons. The van der Waals surface area contributed by atoms with Gasteiger partial charge in [0, 0.05) is 53.0 Å². The van der Waals surface area contributed by atoms with Crippen LogP contribution in [0.2, 0.25) is 0 Å². The predicted octanol–water partition coefficient (Wildman–Crippen LogP) is -3.84. The zero-order valence-corrected chi connectivity index (χ0v) is 26.4. The summed E-state index contributed by atoms with van der Waals surface area (Å²) in [6.07, 6.45) is -8.80. The van der Waals surface area contributed by atoms with Crippen LogP contribution in [0, 0.1) is 0 Å². The van der Waals surface area contributed by atoms with Crippen molar-refractivity contribution in [2.45, 2.75) is 75.8 Å². The summed E-state index contributed by atoms with van der Waals surface area (Å²) in [6, 6.07) is 0. The van der Waals surface area contributed by atoms with Crippen LogP contribution in [0.25, 0.3) is 0 Å². The number of hydrogen-bond acceptors (Lipinski definition) is 15.